The minimum Gasteiger partial charge on any atom is -0.394 e. The Kier molecular flexibility index (Phi) is 2.85. The van der Waals surface area contributed by atoms with Gasteiger partial charge in [-0.25, -0.2) is 4.57 Å². The van der Waals surface area contributed by atoms with Gasteiger partial charge in [0.15, 0.2) is 18.9 Å². The fourth-order valence-corrected chi connectivity index (χ4v) is 2.45. The zero-order valence-corrected chi connectivity index (χ0v) is 10.4. The highest BCUT2D eigenvalue weighted by Crippen LogP contribution is 2.25. The number of aromatic amines is 1. The van der Waals surface area contributed by atoms with E-state index < -0.39 is 18.4 Å². The van der Waals surface area contributed by atoms with Crippen LogP contribution in [0.3, 0.4) is 0 Å². The maximum atomic E-state index is 11.8. The number of aryl methyl sites for hydroxylation is 1. The second-order valence-corrected chi connectivity index (χ2v) is 4.65. The van der Waals surface area contributed by atoms with Crippen LogP contribution < -0.4 is 10.1 Å². The van der Waals surface area contributed by atoms with Gasteiger partial charge in [-0.2, -0.15) is 0 Å². The average Bonchev–Trinajstić information content (AvgIpc) is 2.91. The van der Waals surface area contributed by atoms with Crippen LogP contribution in [0.15, 0.2) is 17.4 Å². The third-order valence-corrected chi connectivity index (χ3v) is 3.40. The number of ether oxygens (including phenoxy) is 1. The van der Waals surface area contributed by atoms with Crippen LogP contribution in [0.25, 0.3) is 11.2 Å². The molecule has 1 aliphatic rings. The smallest absolute Gasteiger partial charge is 0.311 e. The first-order valence-corrected chi connectivity index (χ1v) is 6.00. The van der Waals surface area contributed by atoms with Crippen molar-refractivity contribution in [2.24, 2.45) is 7.05 Å². The second-order valence-electron chi connectivity index (χ2n) is 4.65. The molecule has 0 unspecified atom stereocenters. The van der Waals surface area contributed by atoms with E-state index in [1.54, 1.807) is 22.5 Å². The molecule has 1 saturated heterocycles. The van der Waals surface area contributed by atoms with Crippen molar-refractivity contribution in [2.45, 2.75) is 24.9 Å². The lowest BCUT2D eigenvalue weighted by molar-refractivity contribution is -0.739. The number of hydrogen-bond donors (Lipinski definition) is 3. The first kappa shape index (κ1) is 12.3. The van der Waals surface area contributed by atoms with Gasteiger partial charge in [0.05, 0.1) is 19.8 Å². The summed E-state index contributed by atoms with van der Waals surface area (Å²) in [5, 5.41) is 18.9. The predicted octanol–water partition coefficient (Wildman–Crippen LogP) is -1.81. The van der Waals surface area contributed by atoms with Crippen molar-refractivity contribution in [2.75, 3.05) is 6.61 Å². The number of nitrogens with one attached hydrogen (secondary N) is 1. The van der Waals surface area contributed by atoms with Gasteiger partial charge in [-0.05, 0) is 0 Å². The van der Waals surface area contributed by atoms with E-state index in [-0.39, 0.29) is 12.2 Å². The lowest BCUT2D eigenvalue weighted by Gasteiger charge is -2.09. The van der Waals surface area contributed by atoms with Crippen molar-refractivity contribution in [3.05, 3.63) is 23.0 Å². The minimum atomic E-state index is -0.722. The number of imidazole rings is 1. The van der Waals surface area contributed by atoms with Crippen LogP contribution in [0, 0.1) is 0 Å². The van der Waals surface area contributed by atoms with E-state index in [9.17, 15) is 9.90 Å². The molecule has 0 aromatic carbocycles. The Bertz CT molecular complexity index is 664. The summed E-state index contributed by atoms with van der Waals surface area (Å²) in [4.78, 5) is 18.4. The number of H-pyrrole nitrogens is 1. The molecule has 0 spiro atoms. The molecule has 0 amide bonds. The molecule has 2 aromatic heterocycles. The molecule has 0 aliphatic carbocycles. The summed E-state index contributed by atoms with van der Waals surface area (Å²) in [7, 11) is 1.74. The van der Waals surface area contributed by atoms with E-state index in [0.29, 0.717) is 17.6 Å². The molecule has 3 atom stereocenters. The maximum Gasteiger partial charge on any atom is 0.311 e. The van der Waals surface area contributed by atoms with E-state index in [1.165, 1.54) is 6.33 Å². The zero-order chi connectivity index (χ0) is 13.6. The lowest BCUT2D eigenvalue weighted by Crippen LogP contribution is -2.39. The van der Waals surface area contributed by atoms with Crippen LogP contribution in [0.1, 0.15) is 12.6 Å². The maximum absolute atomic E-state index is 11.8. The first-order chi connectivity index (χ1) is 9.11. The number of aliphatic hydroxyl groups is 2. The second kappa shape index (κ2) is 4.41. The highest BCUT2D eigenvalue weighted by atomic mass is 16.5. The van der Waals surface area contributed by atoms with Crippen LogP contribution >= 0.6 is 0 Å². The van der Waals surface area contributed by atoms with Gasteiger partial charge in [0.25, 0.3) is 5.56 Å². The van der Waals surface area contributed by atoms with Gasteiger partial charge in [0.1, 0.15) is 6.10 Å². The molecule has 0 radical (unpaired) electrons. The van der Waals surface area contributed by atoms with Gasteiger partial charge < -0.3 is 14.9 Å². The molecule has 3 rings (SSSR count). The Hall–Kier alpha value is -1.77. The summed E-state index contributed by atoms with van der Waals surface area (Å²) in [5.74, 6) is 0. The number of aromatic nitrogens is 4. The molecule has 0 bridgehead atoms. The summed E-state index contributed by atoms with van der Waals surface area (Å²) >= 11 is 0. The summed E-state index contributed by atoms with van der Waals surface area (Å²) < 4.78 is 8.92. The molecule has 1 aliphatic heterocycles. The molecule has 0 saturated carbocycles. The summed E-state index contributed by atoms with van der Waals surface area (Å²) in [5.41, 5.74) is 0.693. The van der Waals surface area contributed by atoms with Crippen molar-refractivity contribution < 1.29 is 19.5 Å². The van der Waals surface area contributed by atoms with Crippen molar-refractivity contribution in [3.63, 3.8) is 0 Å². The Labute approximate surface area is 107 Å². The Balaban J connectivity index is 2.08. The normalized spacial score (nSPS) is 27.2. The Morgan fingerprint density at radius 3 is 3.16 bits per heavy atom. The van der Waals surface area contributed by atoms with E-state index in [2.05, 4.69) is 9.97 Å². The summed E-state index contributed by atoms with van der Waals surface area (Å²) in [6, 6.07) is 0. The Morgan fingerprint density at radius 1 is 1.68 bits per heavy atom. The highest BCUT2D eigenvalue weighted by molar-refractivity contribution is 5.65. The summed E-state index contributed by atoms with van der Waals surface area (Å²) in [6.45, 7) is -0.239. The standard InChI is InChI=1S/C11H14N4O4/c1-14-5-15(8-2-6(17)7(3-16)19-8)10-9(14)11(18)13-4-12-10/h4-8,16-17H,2-3H2,1H3/p+1/t6-,7+,8+/m0/s1. The highest BCUT2D eigenvalue weighted by Gasteiger charge is 2.38. The van der Waals surface area contributed by atoms with Gasteiger partial charge >= 0.3 is 5.65 Å². The molecule has 2 aromatic rings. The molecule has 3 N–H and O–H groups in total. The zero-order valence-electron chi connectivity index (χ0n) is 10.4. The SMILES string of the molecule is Cn1c[n+]([C@H]2C[C@H](O)[C@@H](CO)O2)c2nc[nH]c(=O)c21. The van der Waals surface area contributed by atoms with E-state index in [0.717, 1.165) is 0 Å². The average molecular weight is 267 g/mol. The number of aliphatic hydroxyl groups excluding tert-OH is 2. The number of nitrogens with zero attached hydrogens (tertiary/aromatic N) is 3. The molecular weight excluding hydrogens is 252 g/mol. The molecule has 102 valence electrons. The van der Waals surface area contributed by atoms with Gasteiger partial charge in [-0.3, -0.25) is 14.3 Å². The number of hydrogen-bond acceptors (Lipinski definition) is 5. The molecule has 3 heterocycles. The first-order valence-electron chi connectivity index (χ1n) is 6.00. The molecule has 19 heavy (non-hydrogen) atoms. The van der Waals surface area contributed by atoms with Crippen molar-refractivity contribution in [1.29, 1.82) is 0 Å². The van der Waals surface area contributed by atoms with Crippen LogP contribution in [0.5, 0.6) is 0 Å². The van der Waals surface area contributed by atoms with Gasteiger partial charge in [-0.1, -0.05) is 4.98 Å². The predicted molar refractivity (Wildman–Crippen MR) is 63.1 cm³/mol. The third-order valence-electron chi connectivity index (χ3n) is 3.40. The molecule has 8 nitrogen and oxygen atoms in total. The number of fused-ring (bicyclic) bond motifs is 1. The monoisotopic (exact) mass is 267 g/mol. The quantitative estimate of drug-likeness (QED) is 0.556. The van der Waals surface area contributed by atoms with Gasteiger partial charge in [0, 0.05) is 6.42 Å². The van der Waals surface area contributed by atoms with Crippen LogP contribution in [0.2, 0.25) is 0 Å². The topological polar surface area (TPSA) is 104 Å². The largest absolute Gasteiger partial charge is 0.394 e. The lowest BCUT2D eigenvalue weighted by atomic mass is 10.2. The third kappa shape index (κ3) is 1.84. The van der Waals surface area contributed by atoms with E-state index in [1.807, 2.05) is 0 Å². The Morgan fingerprint density at radius 2 is 2.47 bits per heavy atom. The fraction of sp³-hybridized carbons (Fsp3) is 0.545. The van der Waals surface area contributed by atoms with Crippen LogP contribution in [-0.4, -0.2) is 43.6 Å². The van der Waals surface area contributed by atoms with Crippen molar-refractivity contribution in [1.82, 2.24) is 14.5 Å². The minimum absolute atomic E-state index is 0.233. The van der Waals surface area contributed by atoms with E-state index in [4.69, 9.17) is 9.84 Å². The summed E-state index contributed by atoms with van der Waals surface area (Å²) in [6.07, 6.45) is 1.61. The number of rotatable bonds is 2. The van der Waals surface area contributed by atoms with Crippen molar-refractivity contribution in [3.8, 4) is 0 Å². The van der Waals surface area contributed by atoms with E-state index >= 15 is 0 Å². The van der Waals surface area contributed by atoms with Crippen LogP contribution in [-0.2, 0) is 11.8 Å². The van der Waals surface area contributed by atoms with Crippen molar-refractivity contribution >= 4 is 11.2 Å². The fourth-order valence-electron chi connectivity index (χ4n) is 2.45. The van der Waals surface area contributed by atoms with Crippen LogP contribution in [0.4, 0.5) is 0 Å². The van der Waals surface area contributed by atoms with Gasteiger partial charge in [-0.15, -0.1) is 0 Å². The van der Waals surface area contributed by atoms with Gasteiger partial charge in [0.2, 0.25) is 5.52 Å². The molecule has 1 fully saturated rings. The molecule has 8 heteroatoms. The molecular formula is C11H15N4O4+.